The Balaban J connectivity index is 2.07. The fourth-order valence-corrected chi connectivity index (χ4v) is 2.59. The van der Waals surface area contributed by atoms with E-state index < -0.39 is 11.6 Å². The third-order valence-electron chi connectivity index (χ3n) is 2.67. The molecular formula is C13H10F2N4S. The van der Waals surface area contributed by atoms with Crippen molar-refractivity contribution in [3.8, 4) is 0 Å². The van der Waals surface area contributed by atoms with E-state index in [0.717, 1.165) is 16.3 Å². The summed E-state index contributed by atoms with van der Waals surface area (Å²) < 4.78 is 26.4. The molecule has 0 bridgehead atoms. The largest absolute Gasteiger partial charge is 0.357 e. The van der Waals surface area contributed by atoms with Gasteiger partial charge in [-0.2, -0.15) is 4.98 Å². The third-order valence-corrected chi connectivity index (χ3v) is 3.48. The molecule has 3 rings (SSSR count). The molecule has 2 aromatic heterocycles. The molecule has 0 spiro atoms. The Morgan fingerprint density at radius 1 is 1.10 bits per heavy atom. The smallest absolute Gasteiger partial charge is 0.225 e. The zero-order valence-corrected chi connectivity index (χ0v) is 11.3. The summed E-state index contributed by atoms with van der Waals surface area (Å²) in [4.78, 5) is 9.37. The highest BCUT2D eigenvalue weighted by Gasteiger charge is 2.09. The molecule has 7 heteroatoms. The molecule has 0 atom stereocenters. The van der Waals surface area contributed by atoms with Crippen molar-refractivity contribution in [1.82, 2.24) is 9.97 Å². The quantitative estimate of drug-likeness (QED) is 0.772. The number of nitrogens with one attached hydrogen (secondary N) is 2. The highest BCUT2D eigenvalue weighted by molar-refractivity contribution is 7.16. The second-order valence-electron chi connectivity index (χ2n) is 4.07. The number of thiophene rings is 1. The van der Waals surface area contributed by atoms with E-state index in [-0.39, 0.29) is 0 Å². The first-order valence-electron chi connectivity index (χ1n) is 5.82. The van der Waals surface area contributed by atoms with Crippen molar-refractivity contribution in [3.63, 3.8) is 0 Å². The van der Waals surface area contributed by atoms with Crippen LogP contribution < -0.4 is 10.6 Å². The fourth-order valence-electron chi connectivity index (χ4n) is 1.83. The lowest BCUT2D eigenvalue weighted by molar-refractivity contribution is 0.584. The predicted molar refractivity (Wildman–Crippen MR) is 76.6 cm³/mol. The van der Waals surface area contributed by atoms with Gasteiger partial charge in [-0.25, -0.2) is 13.8 Å². The second kappa shape index (κ2) is 5.01. The lowest BCUT2D eigenvalue weighted by atomic mass is 10.3. The summed E-state index contributed by atoms with van der Waals surface area (Å²) in [6.07, 6.45) is 0. The summed E-state index contributed by atoms with van der Waals surface area (Å²) in [6, 6.07) is 5.10. The summed E-state index contributed by atoms with van der Waals surface area (Å²) in [6.45, 7) is 0. The van der Waals surface area contributed by atoms with E-state index in [9.17, 15) is 8.78 Å². The molecule has 2 heterocycles. The molecule has 20 heavy (non-hydrogen) atoms. The molecular weight excluding hydrogens is 282 g/mol. The molecule has 0 saturated carbocycles. The molecule has 0 aliphatic rings. The Labute approximate surface area is 117 Å². The van der Waals surface area contributed by atoms with Gasteiger partial charge in [0.2, 0.25) is 5.95 Å². The topological polar surface area (TPSA) is 49.8 Å². The molecule has 0 aliphatic heterocycles. The van der Waals surface area contributed by atoms with Gasteiger partial charge in [0.15, 0.2) is 0 Å². The van der Waals surface area contributed by atoms with E-state index in [4.69, 9.17) is 0 Å². The van der Waals surface area contributed by atoms with Crippen molar-refractivity contribution in [2.24, 2.45) is 0 Å². The number of nitrogens with zero attached hydrogens (tertiary/aromatic N) is 2. The maximum Gasteiger partial charge on any atom is 0.225 e. The Bertz CT molecular complexity index is 752. The zero-order valence-electron chi connectivity index (χ0n) is 10.4. The molecule has 1 aromatic carbocycles. The molecule has 0 amide bonds. The zero-order chi connectivity index (χ0) is 14.1. The van der Waals surface area contributed by atoms with Gasteiger partial charge in [-0.05, 0) is 23.6 Å². The number of hydrogen-bond donors (Lipinski definition) is 2. The minimum Gasteiger partial charge on any atom is -0.357 e. The molecule has 0 fully saturated rings. The first-order chi connectivity index (χ1) is 9.65. The second-order valence-corrected chi connectivity index (χ2v) is 4.96. The predicted octanol–water partition coefficient (Wildman–Crippen LogP) is 3.75. The maximum absolute atomic E-state index is 13.2. The Morgan fingerprint density at radius 2 is 1.85 bits per heavy atom. The van der Waals surface area contributed by atoms with Crippen molar-refractivity contribution < 1.29 is 8.78 Å². The van der Waals surface area contributed by atoms with E-state index >= 15 is 0 Å². The Hall–Kier alpha value is -2.28. The van der Waals surface area contributed by atoms with E-state index in [2.05, 4.69) is 20.6 Å². The number of benzene rings is 1. The average molecular weight is 292 g/mol. The van der Waals surface area contributed by atoms with Gasteiger partial charge in [-0.1, -0.05) is 0 Å². The normalized spacial score (nSPS) is 10.8. The SMILES string of the molecule is CNc1nc(Nc2cc(F)cc(F)c2)c2ccsc2n1. The van der Waals surface area contributed by atoms with Crippen LogP contribution in [0.1, 0.15) is 0 Å². The fraction of sp³-hybridized carbons (Fsp3) is 0.0769. The van der Waals surface area contributed by atoms with Crippen LogP contribution >= 0.6 is 11.3 Å². The van der Waals surface area contributed by atoms with Crippen LogP contribution in [0.3, 0.4) is 0 Å². The van der Waals surface area contributed by atoms with Crippen LogP contribution in [-0.2, 0) is 0 Å². The number of rotatable bonds is 3. The highest BCUT2D eigenvalue weighted by atomic mass is 32.1. The van der Waals surface area contributed by atoms with Crippen LogP contribution in [0.4, 0.5) is 26.2 Å². The van der Waals surface area contributed by atoms with Crippen LogP contribution in [0.25, 0.3) is 10.2 Å². The van der Waals surface area contributed by atoms with E-state index in [1.807, 2.05) is 11.4 Å². The van der Waals surface area contributed by atoms with Crippen molar-refractivity contribution in [1.29, 1.82) is 0 Å². The molecule has 0 radical (unpaired) electrons. The molecule has 0 aliphatic carbocycles. The van der Waals surface area contributed by atoms with Crippen molar-refractivity contribution >= 4 is 39.0 Å². The van der Waals surface area contributed by atoms with Crippen molar-refractivity contribution in [2.75, 3.05) is 17.7 Å². The summed E-state index contributed by atoms with van der Waals surface area (Å²) >= 11 is 1.47. The van der Waals surface area contributed by atoms with Gasteiger partial charge in [0, 0.05) is 18.8 Å². The van der Waals surface area contributed by atoms with E-state index in [0.29, 0.717) is 17.5 Å². The first-order valence-corrected chi connectivity index (χ1v) is 6.70. The molecule has 0 unspecified atom stereocenters. The van der Waals surface area contributed by atoms with E-state index in [1.165, 1.54) is 23.5 Å². The van der Waals surface area contributed by atoms with Gasteiger partial charge < -0.3 is 10.6 Å². The Morgan fingerprint density at radius 3 is 2.55 bits per heavy atom. The summed E-state index contributed by atoms with van der Waals surface area (Å²) in [5.74, 6) is -0.334. The molecule has 0 saturated heterocycles. The third kappa shape index (κ3) is 2.39. The molecule has 4 nitrogen and oxygen atoms in total. The summed E-state index contributed by atoms with van der Waals surface area (Å²) in [7, 11) is 1.71. The number of halogens is 2. The lowest BCUT2D eigenvalue weighted by Crippen LogP contribution is -2.01. The minimum absolute atomic E-state index is 0.302. The first kappa shape index (κ1) is 12.7. The number of aromatic nitrogens is 2. The molecule has 102 valence electrons. The highest BCUT2D eigenvalue weighted by Crippen LogP contribution is 2.29. The van der Waals surface area contributed by atoms with Gasteiger partial charge in [0.05, 0.1) is 5.39 Å². The monoisotopic (exact) mass is 292 g/mol. The number of anilines is 3. The van der Waals surface area contributed by atoms with Gasteiger partial charge >= 0.3 is 0 Å². The summed E-state index contributed by atoms with van der Waals surface area (Å²) in [5, 5.41) is 8.47. The maximum atomic E-state index is 13.2. The molecule has 2 N–H and O–H groups in total. The van der Waals surface area contributed by atoms with E-state index in [1.54, 1.807) is 7.05 Å². The van der Waals surface area contributed by atoms with Crippen LogP contribution in [-0.4, -0.2) is 17.0 Å². The Kier molecular flexibility index (Phi) is 3.19. The van der Waals surface area contributed by atoms with Gasteiger partial charge in [-0.15, -0.1) is 11.3 Å². The van der Waals surface area contributed by atoms with Crippen molar-refractivity contribution in [2.45, 2.75) is 0 Å². The number of hydrogen-bond acceptors (Lipinski definition) is 5. The van der Waals surface area contributed by atoms with Crippen LogP contribution in [0, 0.1) is 11.6 Å². The standard InChI is InChI=1S/C13H10F2N4S/c1-16-13-18-11(10-2-3-20-12(10)19-13)17-9-5-7(14)4-8(15)6-9/h2-6H,1H3,(H2,16,17,18,19). The van der Waals surface area contributed by atoms with Gasteiger partial charge in [0.1, 0.15) is 22.3 Å². The lowest BCUT2D eigenvalue weighted by Gasteiger charge is -2.09. The average Bonchev–Trinajstić information content (AvgIpc) is 2.85. The number of fused-ring (bicyclic) bond motifs is 1. The molecule has 3 aromatic rings. The van der Waals surface area contributed by atoms with Crippen molar-refractivity contribution in [3.05, 3.63) is 41.3 Å². The van der Waals surface area contributed by atoms with Crippen LogP contribution in [0.5, 0.6) is 0 Å². The van der Waals surface area contributed by atoms with Crippen LogP contribution in [0.2, 0.25) is 0 Å². The van der Waals surface area contributed by atoms with Gasteiger partial charge in [0.25, 0.3) is 0 Å². The van der Waals surface area contributed by atoms with Crippen LogP contribution in [0.15, 0.2) is 29.6 Å². The minimum atomic E-state index is -0.642. The summed E-state index contributed by atoms with van der Waals surface area (Å²) in [5.41, 5.74) is 0.302. The van der Waals surface area contributed by atoms with Gasteiger partial charge in [-0.3, -0.25) is 0 Å².